The molecule has 0 saturated heterocycles. The van der Waals surface area contributed by atoms with Gasteiger partial charge >= 0.3 is 0 Å². The van der Waals surface area contributed by atoms with Crippen molar-refractivity contribution >= 4 is 71.8 Å². The number of hydrogen-bond acceptors (Lipinski definition) is 8. The summed E-state index contributed by atoms with van der Waals surface area (Å²) in [5.74, 6) is -0.249. The average molecular weight is 728 g/mol. The minimum Gasteiger partial charge on any atom is -0.383 e. The lowest BCUT2D eigenvalue weighted by Gasteiger charge is -2.13. The smallest absolute Gasteiger partial charge is 0.263 e. The molecule has 0 aromatic heterocycles. The van der Waals surface area contributed by atoms with Gasteiger partial charge in [-0.2, -0.15) is 5.26 Å². The number of halogens is 2. The zero-order valence-corrected chi connectivity index (χ0v) is 29.5. The summed E-state index contributed by atoms with van der Waals surface area (Å²) in [5, 5.41) is 9.09. The van der Waals surface area contributed by atoms with Gasteiger partial charge in [0.2, 0.25) is 0 Å². The summed E-state index contributed by atoms with van der Waals surface area (Å²) < 4.78 is 55.2. The van der Waals surface area contributed by atoms with E-state index in [9.17, 15) is 26.4 Å². The molecule has 0 radical (unpaired) electrons. The second-order valence-electron chi connectivity index (χ2n) is 10.6. The summed E-state index contributed by atoms with van der Waals surface area (Å²) in [6.45, 7) is 2.86. The van der Waals surface area contributed by atoms with Crippen molar-refractivity contribution in [3.63, 3.8) is 0 Å². The van der Waals surface area contributed by atoms with E-state index in [1.807, 2.05) is 6.07 Å². The molecule has 0 aliphatic carbocycles. The molecule has 4 rings (SSSR count). The zero-order chi connectivity index (χ0) is 35.6. The number of hydrogen-bond donors (Lipinski definition) is 2. The highest BCUT2D eigenvalue weighted by Gasteiger charge is 2.21. The molecule has 0 unspecified atom stereocenters. The Hall–Kier alpha value is -4.67. The van der Waals surface area contributed by atoms with Gasteiger partial charge < -0.3 is 4.90 Å². The van der Waals surface area contributed by atoms with Crippen LogP contribution in [0.5, 0.6) is 0 Å². The fourth-order valence-corrected chi connectivity index (χ4v) is 7.42. The lowest BCUT2D eigenvalue weighted by molar-refractivity contribution is -0.116. The number of Topliss-reactive ketones (excluding diaryl/α,β-unsaturated/α-hetero) is 2. The van der Waals surface area contributed by atoms with Crippen molar-refractivity contribution in [3.05, 3.63) is 124 Å². The largest absolute Gasteiger partial charge is 0.383 e. The maximum Gasteiger partial charge on any atom is 0.263 e. The van der Waals surface area contributed by atoms with Crippen LogP contribution >= 0.6 is 23.2 Å². The molecule has 48 heavy (non-hydrogen) atoms. The number of anilines is 2. The average Bonchev–Trinajstić information content (AvgIpc) is 3.01. The van der Waals surface area contributed by atoms with Gasteiger partial charge in [0.1, 0.15) is 15.6 Å². The number of ketones is 2. The van der Waals surface area contributed by atoms with Gasteiger partial charge in [-0.25, -0.2) is 16.8 Å². The molecule has 250 valence electrons. The van der Waals surface area contributed by atoms with Crippen molar-refractivity contribution in [1.29, 1.82) is 5.26 Å². The van der Waals surface area contributed by atoms with E-state index in [0.717, 1.165) is 0 Å². The van der Waals surface area contributed by atoms with Crippen LogP contribution in [-0.2, 0) is 36.1 Å². The molecule has 0 amide bonds. The van der Waals surface area contributed by atoms with Crippen molar-refractivity contribution in [2.24, 2.45) is 0 Å². The zero-order valence-electron chi connectivity index (χ0n) is 26.4. The van der Waals surface area contributed by atoms with Crippen LogP contribution in [-0.4, -0.2) is 47.4 Å². The summed E-state index contributed by atoms with van der Waals surface area (Å²) in [6.07, 6.45) is 1.79. The Morgan fingerprint density at radius 3 is 1.90 bits per heavy atom. The summed E-state index contributed by atoms with van der Waals surface area (Å²) in [7, 11) is -4.29. The SMILES string of the molecule is CC(=O)/C(=C/N(C)C)c1ccc(Cl)c(S(=O)(=O)Nc2cccc(C#N)c2)c1.CC(=O)Cc1ccc(Cl)c(S(=O)(=O)Nc2ccccc2)c1. The third kappa shape index (κ3) is 10.7. The molecular formula is C34H32Cl2N4O6S2. The van der Waals surface area contributed by atoms with Crippen LogP contribution in [0.3, 0.4) is 0 Å². The molecule has 10 nitrogen and oxygen atoms in total. The topological polar surface area (TPSA) is 154 Å². The Labute approximate surface area is 290 Å². The van der Waals surface area contributed by atoms with Gasteiger partial charge in [-0.1, -0.05) is 59.6 Å². The summed E-state index contributed by atoms with van der Waals surface area (Å²) >= 11 is 12.1. The molecular weight excluding hydrogens is 695 g/mol. The minimum absolute atomic E-state index is 0.0236. The van der Waals surface area contributed by atoms with Crippen molar-refractivity contribution in [2.75, 3.05) is 23.5 Å². The van der Waals surface area contributed by atoms with Crippen LogP contribution in [0.1, 0.15) is 30.5 Å². The van der Waals surface area contributed by atoms with Crippen molar-refractivity contribution in [2.45, 2.75) is 30.1 Å². The quantitative estimate of drug-likeness (QED) is 0.161. The van der Waals surface area contributed by atoms with Crippen molar-refractivity contribution < 1.29 is 26.4 Å². The van der Waals surface area contributed by atoms with Crippen LogP contribution in [0.4, 0.5) is 11.4 Å². The first kappa shape index (κ1) is 37.8. The number of allylic oxidation sites excluding steroid dienone is 1. The van der Waals surface area contributed by atoms with E-state index in [1.54, 1.807) is 79.8 Å². The Kier molecular flexibility index (Phi) is 12.9. The third-order valence-corrected chi connectivity index (χ3v) is 10.0. The molecule has 0 saturated carbocycles. The number of nitrogens with zero attached hydrogens (tertiary/aromatic N) is 2. The predicted molar refractivity (Wildman–Crippen MR) is 189 cm³/mol. The highest BCUT2D eigenvalue weighted by molar-refractivity contribution is 7.93. The van der Waals surface area contributed by atoms with Gasteiger partial charge in [0.25, 0.3) is 20.0 Å². The molecule has 0 aliphatic heterocycles. The first-order valence-corrected chi connectivity index (χ1v) is 17.8. The van der Waals surface area contributed by atoms with Crippen LogP contribution in [0.25, 0.3) is 5.57 Å². The minimum atomic E-state index is -4.02. The second kappa shape index (κ2) is 16.4. The Bertz CT molecular complexity index is 2110. The number of benzene rings is 4. The van der Waals surface area contributed by atoms with Gasteiger partial charge in [0.15, 0.2) is 5.78 Å². The Morgan fingerprint density at radius 1 is 0.771 bits per heavy atom. The monoisotopic (exact) mass is 726 g/mol. The lowest BCUT2D eigenvalue weighted by atomic mass is 10.0. The Morgan fingerprint density at radius 2 is 1.33 bits per heavy atom. The fourth-order valence-electron chi connectivity index (χ4n) is 4.23. The molecule has 0 heterocycles. The molecule has 4 aromatic rings. The molecule has 2 N–H and O–H groups in total. The summed E-state index contributed by atoms with van der Waals surface area (Å²) in [4.78, 5) is 24.6. The fraction of sp³-hybridized carbons (Fsp3) is 0.147. The number of para-hydroxylation sites is 1. The molecule has 0 aliphatic rings. The number of nitriles is 1. The van der Waals surface area contributed by atoms with E-state index in [4.69, 9.17) is 28.5 Å². The normalized spacial score (nSPS) is 11.4. The molecule has 14 heteroatoms. The van der Waals surface area contributed by atoms with E-state index in [-0.39, 0.29) is 43.5 Å². The molecule has 0 atom stereocenters. The predicted octanol–water partition coefficient (Wildman–Crippen LogP) is 6.78. The van der Waals surface area contributed by atoms with E-state index >= 15 is 0 Å². The first-order chi connectivity index (χ1) is 22.5. The van der Waals surface area contributed by atoms with Crippen LogP contribution in [0.2, 0.25) is 10.0 Å². The Balaban J connectivity index is 0.000000269. The maximum absolute atomic E-state index is 12.8. The van der Waals surface area contributed by atoms with Gasteiger partial charge in [0, 0.05) is 38.0 Å². The van der Waals surface area contributed by atoms with Crippen molar-refractivity contribution in [3.8, 4) is 6.07 Å². The number of carbonyl (C=O) groups is 2. The molecule has 0 spiro atoms. The molecule has 0 bridgehead atoms. The van der Waals surface area contributed by atoms with Crippen molar-refractivity contribution in [1.82, 2.24) is 4.90 Å². The van der Waals surface area contributed by atoms with Crippen LogP contribution in [0, 0.1) is 11.3 Å². The lowest BCUT2D eigenvalue weighted by Crippen LogP contribution is -2.14. The van der Waals surface area contributed by atoms with Gasteiger partial charge in [0.05, 0.1) is 27.4 Å². The highest BCUT2D eigenvalue weighted by atomic mass is 35.5. The maximum atomic E-state index is 12.8. The summed E-state index contributed by atoms with van der Waals surface area (Å²) in [5.41, 5.74) is 2.42. The second-order valence-corrected chi connectivity index (χ2v) is 14.7. The third-order valence-electron chi connectivity index (χ3n) is 6.31. The van der Waals surface area contributed by atoms with E-state index < -0.39 is 20.0 Å². The summed E-state index contributed by atoms with van der Waals surface area (Å²) in [6, 6.07) is 25.5. The first-order valence-electron chi connectivity index (χ1n) is 14.1. The van der Waals surface area contributed by atoms with E-state index in [0.29, 0.717) is 28.0 Å². The number of carbonyl (C=O) groups excluding carboxylic acids is 2. The number of rotatable bonds is 11. The van der Waals surface area contributed by atoms with Crippen LogP contribution in [0.15, 0.2) is 107 Å². The van der Waals surface area contributed by atoms with Gasteiger partial charge in [-0.05, 0) is 79.6 Å². The highest BCUT2D eigenvalue weighted by Crippen LogP contribution is 2.29. The number of nitrogens with one attached hydrogen (secondary N) is 2. The number of sulfonamides is 2. The van der Waals surface area contributed by atoms with E-state index in [1.165, 1.54) is 50.2 Å². The van der Waals surface area contributed by atoms with Gasteiger partial charge in [-0.3, -0.25) is 19.0 Å². The standard InChI is InChI=1S/C19H18ClN3O3S.C15H14ClNO3S/c1-13(24)17(12-23(2)3)15-7-8-18(20)19(10-15)27(25,26)22-16-6-4-5-14(9-16)11-21;1-11(18)9-12-7-8-14(16)15(10-12)21(19,20)17-13-5-3-2-4-6-13/h4-10,12,22H,1-3H3;2-8,10,17H,9H2,1H3/b17-12-;. The van der Waals surface area contributed by atoms with Crippen LogP contribution < -0.4 is 9.44 Å². The molecule has 4 aromatic carbocycles. The molecule has 0 fully saturated rings. The van der Waals surface area contributed by atoms with E-state index in [2.05, 4.69) is 9.44 Å². The van der Waals surface area contributed by atoms with Gasteiger partial charge in [-0.15, -0.1) is 0 Å².